The summed E-state index contributed by atoms with van der Waals surface area (Å²) < 4.78 is 30.4. The Bertz CT molecular complexity index is 1690. The molecule has 0 aliphatic heterocycles. The van der Waals surface area contributed by atoms with Crippen LogP contribution in [-0.2, 0) is 14.8 Å². The Morgan fingerprint density at radius 3 is 2.22 bits per heavy atom. The van der Waals surface area contributed by atoms with E-state index >= 15 is 0 Å². The van der Waals surface area contributed by atoms with Crippen LogP contribution in [0.25, 0.3) is 5.69 Å². The van der Waals surface area contributed by atoms with Crippen LogP contribution in [0.15, 0.2) is 82.8 Å². The average Bonchev–Trinajstić information content (AvgIpc) is 3.21. The summed E-state index contributed by atoms with van der Waals surface area (Å²) in [4.78, 5) is 13.1. The normalized spacial score (nSPS) is 11.8. The van der Waals surface area contributed by atoms with Gasteiger partial charge in [0.1, 0.15) is 6.54 Å². The minimum atomic E-state index is -4.03. The second kappa shape index (κ2) is 12.5. The van der Waals surface area contributed by atoms with Gasteiger partial charge in [-0.1, -0.05) is 66.9 Å². The van der Waals surface area contributed by atoms with Crippen LogP contribution in [0.3, 0.4) is 0 Å². The molecule has 1 amide bonds. The fourth-order valence-corrected chi connectivity index (χ4v) is 6.17. The summed E-state index contributed by atoms with van der Waals surface area (Å²) in [5.41, 5.74) is 8.31. The molecule has 0 aliphatic rings. The SMILES string of the molecule is Cc1ccc(S(=O)(=O)N(CC(=O)N/N=C\c2cc(C)n(-c3ccc(Cl)c(Cl)c3)c2C)c2ccc(C(C)C)cc2)cc1. The maximum atomic E-state index is 13.6. The first-order valence-corrected chi connectivity index (χ1v) is 15.2. The molecule has 41 heavy (non-hydrogen) atoms. The molecule has 0 saturated heterocycles. The molecule has 214 valence electrons. The maximum absolute atomic E-state index is 13.6. The van der Waals surface area contributed by atoms with E-state index < -0.39 is 22.5 Å². The van der Waals surface area contributed by atoms with Crippen LogP contribution in [0.1, 0.15) is 47.8 Å². The number of nitrogens with one attached hydrogen (secondary N) is 1. The number of aryl methyl sites for hydroxylation is 2. The van der Waals surface area contributed by atoms with Crippen molar-refractivity contribution in [1.82, 2.24) is 9.99 Å². The van der Waals surface area contributed by atoms with E-state index in [4.69, 9.17) is 23.2 Å². The van der Waals surface area contributed by atoms with Gasteiger partial charge >= 0.3 is 0 Å². The number of hydrazone groups is 1. The number of benzene rings is 3. The molecule has 0 radical (unpaired) electrons. The van der Waals surface area contributed by atoms with Gasteiger partial charge in [-0.3, -0.25) is 9.10 Å². The highest BCUT2D eigenvalue weighted by Gasteiger charge is 2.27. The third kappa shape index (κ3) is 6.84. The molecule has 1 heterocycles. The number of halogens is 2. The molecule has 0 aliphatic carbocycles. The third-order valence-electron chi connectivity index (χ3n) is 6.77. The van der Waals surface area contributed by atoms with Crippen LogP contribution in [0, 0.1) is 20.8 Å². The van der Waals surface area contributed by atoms with Gasteiger partial charge in [-0.25, -0.2) is 13.8 Å². The van der Waals surface area contributed by atoms with Crippen molar-refractivity contribution in [3.63, 3.8) is 0 Å². The highest BCUT2D eigenvalue weighted by Crippen LogP contribution is 2.28. The molecule has 0 atom stereocenters. The molecular weight excluding hydrogens is 579 g/mol. The van der Waals surface area contributed by atoms with Gasteiger partial charge in [0.15, 0.2) is 0 Å². The fraction of sp³-hybridized carbons (Fsp3) is 0.226. The summed E-state index contributed by atoms with van der Waals surface area (Å²) >= 11 is 12.3. The molecule has 7 nitrogen and oxygen atoms in total. The number of sulfonamides is 1. The minimum Gasteiger partial charge on any atom is -0.318 e. The standard InChI is InChI=1S/C31H32Cl2N4O3S/c1-20(2)24-8-10-26(11-9-24)36(41(39,40)28-13-6-21(3)7-14-28)19-31(38)35-34-18-25-16-22(4)37(23(25)5)27-12-15-29(32)30(33)17-27/h6-18,20H,19H2,1-5H3,(H,35,38)/b34-18-. The number of amides is 1. The van der Waals surface area contributed by atoms with E-state index in [1.165, 1.54) is 6.21 Å². The van der Waals surface area contributed by atoms with Gasteiger partial charge in [0, 0.05) is 22.6 Å². The van der Waals surface area contributed by atoms with Crippen LogP contribution < -0.4 is 9.73 Å². The van der Waals surface area contributed by atoms with Crippen LogP contribution in [0.5, 0.6) is 0 Å². The predicted octanol–water partition coefficient (Wildman–Crippen LogP) is 7.18. The monoisotopic (exact) mass is 610 g/mol. The molecule has 0 bridgehead atoms. The Kier molecular flexibility index (Phi) is 9.27. The Hall–Kier alpha value is -3.59. The van der Waals surface area contributed by atoms with Crippen LogP contribution in [0.4, 0.5) is 5.69 Å². The molecule has 10 heteroatoms. The van der Waals surface area contributed by atoms with Gasteiger partial charge in [-0.15, -0.1) is 0 Å². The van der Waals surface area contributed by atoms with Crippen molar-refractivity contribution in [2.24, 2.45) is 5.10 Å². The highest BCUT2D eigenvalue weighted by atomic mass is 35.5. The lowest BCUT2D eigenvalue weighted by molar-refractivity contribution is -0.119. The van der Waals surface area contributed by atoms with Gasteiger partial charge < -0.3 is 4.57 Å². The molecule has 0 unspecified atom stereocenters. The van der Waals surface area contributed by atoms with Crippen molar-refractivity contribution in [3.05, 3.63) is 111 Å². The van der Waals surface area contributed by atoms with Gasteiger partial charge in [-0.2, -0.15) is 5.10 Å². The Labute approximate surface area is 251 Å². The molecule has 3 aromatic carbocycles. The third-order valence-corrected chi connectivity index (χ3v) is 9.30. The van der Waals surface area contributed by atoms with E-state index in [1.54, 1.807) is 48.5 Å². The van der Waals surface area contributed by atoms with Crippen LogP contribution in [0.2, 0.25) is 10.0 Å². The zero-order valence-electron chi connectivity index (χ0n) is 23.5. The Morgan fingerprint density at radius 2 is 1.61 bits per heavy atom. The first-order chi connectivity index (χ1) is 19.4. The summed E-state index contributed by atoms with van der Waals surface area (Å²) in [6, 6.07) is 21.0. The van der Waals surface area contributed by atoms with Gasteiger partial charge in [0.05, 0.1) is 26.8 Å². The van der Waals surface area contributed by atoms with Crippen LogP contribution in [-0.4, -0.2) is 31.7 Å². The number of rotatable bonds is 9. The van der Waals surface area contributed by atoms with Gasteiger partial charge in [-0.05, 0) is 80.8 Å². The van der Waals surface area contributed by atoms with Gasteiger partial charge in [0.25, 0.3) is 15.9 Å². The number of carbonyl (C=O) groups excluding carboxylic acids is 1. The molecule has 4 aromatic rings. The van der Waals surface area contributed by atoms with Crippen LogP contribution >= 0.6 is 23.2 Å². The maximum Gasteiger partial charge on any atom is 0.264 e. The molecule has 0 saturated carbocycles. The summed E-state index contributed by atoms with van der Waals surface area (Å²) in [7, 11) is -4.03. The first kappa shape index (κ1) is 30.4. The summed E-state index contributed by atoms with van der Waals surface area (Å²) in [6.45, 7) is 9.43. The predicted molar refractivity (Wildman–Crippen MR) is 167 cm³/mol. The fourth-order valence-electron chi connectivity index (χ4n) is 4.46. The molecule has 0 fully saturated rings. The van der Waals surface area contributed by atoms with E-state index in [0.717, 1.165) is 38.1 Å². The highest BCUT2D eigenvalue weighted by molar-refractivity contribution is 7.92. The number of hydrogen-bond acceptors (Lipinski definition) is 4. The zero-order chi connectivity index (χ0) is 29.9. The van der Waals surface area contributed by atoms with Crippen molar-refractivity contribution < 1.29 is 13.2 Å². The summed E-state index contributed by atoms with van der Waals surface area (Å²) in [5.74, 6) is -0.300. The largest absolute Gasteiger partial charge is 0.318 e. The van der Waals surface area contributed by atoms with E-state index in [9.17, 15) is 13.2 Å². The van der Waals surface area contributed by atoms with E-state index in [0.29, 0.717) is 15.7 Å². The number of anilines is 1. The molecule has 4 rings (SSSR count). The quantitative estimate of drug-likeness (QED) is 0.161. The second-order valence-electron chi connectivity index (χ2n) is 10.1. The lowest BCUT2D eigenvalue weighted by atomic mass is 10.0. The van der Waals surface area contributed by atoms with E-state index in [1.807, 2.05) is 49.6 Å². The van der Waals surface area contributed by atoms with Crippen molar-refractivity contribution >= 4 is 51.0 Å². The molecule has 1 aromatic heterocycles. The summed E-state index contributed by atoms with van der Waals surface area (Å²) in [6.07, 6.45) is 1.53. The van der Waals surface area contributed by atoms with E-state index in [2.05, 4.69) is 24.4 Å². The Balaban J connectivity index is 1.56. The van der Waals surface area contributed by atoms with Crippen molar-refractivity contribution in [1.29, 1.82) is 0 Å². The lowest BCUT2D eigenvalue weighted by Crippen LogP contribution is -2.39. The zero-order valence-corrected chi connectivity index (χ0v) is 25.8. The van der Waals surface area contributed by atoms with Gasteiger partial charge in [0.2, 0.25) is 0 Å². The lowest BCUT2D eigenvalue weighted by Gasteiger charge is -2.24. The Morgan fingerprint density at radius 1 is 0.951 bits per heavy atom. The molecular formula is C31H32Cl2N4O3S. The van der Waals surface area contributed by atoms with Crippen molar-refractivity contribution in [2.75, 3.05) is 10.8 Å². The smallest absolute Gasteiger partial charge is 0.264 e. The van der Waals surface area contributed by atoms with Crippen molar-refractivity contribution in [2.45, 2.75) is 45.4 Å². The number of carbonyl (C=O) groups is 1. The average molecular weight is 612 g/mol. The minimum absolute atomic E-state index is 0.0991. The van der Waals surface area contributed by atoms with Crippen molar-refractivity contribution in [3.8, 4) is 5.69 Å². The topological polar surface area (TPSA) is 83.8 Å². The summed E-state index contributed by atoms with van der Waals surface area (Å²) in [5, 5.41) is 5.04. The molecule has 1 N–H and O–H groups in total. The number of hydrogen-bond donors (Lipinski definition) is 1. The molecule has 0 spiro atoms. The van der Waals surface area contributed by atoms with E-state index in [-0.39, 0.29) is 10.8 Å². The first-order valence-electron chi connectivity index (χ1n) is 13.0. The number of nitrogens with zero attached hydrogens (tertiary/aromatic N) is 3. The second-order valence-corrected chi connectivity index (χ2v) is 12.8. The number of aromatic nitrogens is 1.